The van der Waals surface area contributed by atoms with Gasteiger partial charge in [-0.3, -0.25) is 9.59 Å². The SMILES string of the molecule is CN(C)CCNC(=O)c1ccccc1S(=O)(=O)Cc1c(OC(Cn2ccnc2)c2ccccc2)ccc2c1CCCC2=O. The molecule has 43 heavy (non-hydrogen) atoms. The van der Waals surface area contributed by atoms with Gasteiger partial charge in [0.05, 0.1) is 29.1 Å². The van der Waals surface area contributed by atoms with Crippen LogP contribution in [0.2, 0.25) is 0 Å². The number of likely N-dealkylation sites (N-methyl/N-ethyl adjacent to an activating group) is 1. The Kier molecular flexibility index (Phi) is 9.37. The number of hydrogen-bond donors (Lipinski definition) is 1. The van der Waals surface area contributed by atoms with Gasteiger partial charge in [0.25, 0.3) is 5.91 Å². The maximum Gasteiger partial charge on any atom is 0.252 e. The number of hydrogen-bond acceptors (Lipinski definition) is 7. The van der Waals surface area contributed by atoms with Gasteiger partial charge in [0.15, 0.2) is 15.6 Å². The predicted octanol–water partition coefficient (Wildman–Crippen LogP) is 4.49. The number of carbonyl (C=O) groups excluding carboxylic acids is 2. The Morgan fingerprint density at radius 2 is 1.81 bits per heavy atom. The number of nitrogens with zero attached hydrogens (tertiary/aromatic N) is 3. The number of benzene rings is 3. The van der Waals surface area contributed by atoms with Crippen molar-refractivity contribution in [1.82, 2.24) is 19.8 Å². The van der Waals surface area contributed by atoms with E-state index in [2.05, 4.69) is 10.3 Å². The first-order valence-electron chi connectivity index (χ1n) is 14.3. The van der Waals surface area contributed by atoms with Crippen LogP contribution in [0.25, 0.3) is 0 Å². The average molecular weight is 601 g/mol. The number of imidazole rings is 1. The third kappa shape index (κ3) is 7.21. The zero-order valence-corrected chi connectivity index (χ0v) is 25.2. The van der Waals surface area contributed by atoms with Crippen LogP contribution in [0.5, 0.6) is 5.75 Å². The predicted molar refractivity (Wildman–Crippen MR) is 164 cm³/mol. The van der Waals surface area contributed by atoms with Gasteiger partial charge in [-0.1, -0.05) is 42.5 Å². The second-order valence-electron chi connectivity index (χ2n) is 10.9. The molecule has 224 valence electrons. The van der Waals surface area contributed by atoms with E-state index in [1.165, 1.54) is 12.1 Å². The molecule has 0 saturated heterocycles. The normalized spacial score (nSPS) is 13.9. The smallest absolute Gasteiger partial charge is 0.252 e. The maximum atomic E-state index is 14.1. The quantitative estimate of drug-likeness (QED) is 0.255. The van der Waals surface area contributed by atoms with Crippen LogP contribution >= 0.6 is 0 Å². The van der Waals surface area contributed by atoms with Crippen LogP contribution in [-0.2, 0) is 28.6 Å². The average Bonchev–Trinajstić information content (AvgIpc) is 3.51. The molecule has 0 bridgehead atoms. The van der Waals surface area contributed by atoms with Gasteiger partial charge in [-0.25, -0.2) is 13.4 Å². The van der Waals surface area contributed by atoms with Gasteiger partial charge in [-0.05, 0) is 62.3 Å². The molecule has 1 aromatic heterocycles. The highest BCUT2D eigenvalue weighted by Gasteiger charge is 2.30. The summed E-state index contributed by atoms with van der Waals surface area (Å²) in [6, 6.07) is 19.4. The van der Waals surface area contributed by atoms with Gasteiger partial charge in [-0.2, -0.15) is 0 Å². The first kappa shape index (κ1) is 30.2. The van der Waals surface area contributed by atoms with E-state index in [0.717, 1.165) is 5.56 Å². The van der Waals surface area contributed by atoms with Gasteiger partial charge in [0.2, 0.25) is 0 Å². The van der Waals surface area contributed by atoms with E-state index >= 15 is 0 Å². The van der Waals surface area contributed by atoms with Crippen molar-refractivity contribution in [3.63, 3.8) is 0 Å². The molecule has 5 rings (SSSR count). The van der Waals surface area contributed by atoms with E-state index in [0.29, 0.717) is 61.3 Å². The van der Waals surface area contributed by atoms with E-state index in [1.807, 2.05) is 60.1 Å². The van der Waals surface area contributed by atoms with E-state index in [1.54, 1.807) is 36.8 Å². The van der Waals surface area contributed by atoms with Gasteiger partial charge in [-0.15, -0.1) is 0 Å². The Morgan fingerprint density at radius 1 is 1.05 bits per heavy atom. The van der Waals surface area contributed by atoms with Crippen LogP contribution in [0.1, 0.15) is 56.4 Å². The summed E-state index contributed by atoms with van der Waals surface area (Å²) in [5.41, 5.74) is 2.69. The second kappa shape index (κ2) is 13.4. The molecule has 1 aliphatic rings. The summed E-state index contributed by atoms with van der Waals surface area (Å²) in [5, 5.41) is 2.82. The molecule has 10 heteroatoms. The van der Waals surface area contributed by atoms with Crippen molar-refractivity contribution in [2.45, 2.75) is 42.6 Å². The molecule has 1 heterocycles. The highest BCUT2D eigenvalue weighted by Crippen LogP contribution is 2.37. The highest BCUT2D eigenvalue weighted by molar-refractivity contribution is 7.90. The molecule has 1 N–H and O–H groups in total. The summed E-state index contributed by atoms with van der Waals surface area (Å²) in [6.07, 6.45) is 6.40. The van der Waals surface area contributed by atoms with Crippen molar-refractivity contribution in [1.29, 1.82) is 0 Å². The monoisotopic (exact) mass is 600 g/mol. The maximum absolute atomic E-state index is 14.1. The van der Waals surface area contributed by atoms with Crippen LogP contribution in [0.4, 0.5) is 0 Å². The van der Waals surface area contributed by atoms with Crippen molar-refractivity contribution in [3.8, 4) is 5.75 Å². The fourth-order valence-corrected chi connectivity index (χ4v) is 6.98. The van der Waals surface area contributed by atoms with Crippen molar-refractivity contribution in [2.75, 3.05) is 27.2 Å². The van der Waals surface area contributed by atoms with E-state index in [-0.39, 0.29) is 16.2 Å². The third-order valence-corrected chi connectivity index (χ3v) is 9.24. The Bertz CT molecular complexity index is 1690. The van der Waals surface area contributed by atoms with E-state index in [4.69, 9.17) is 4.74 Å². The van der Waals surface area contributed by atoms with Crippen molar-refractivity contribution in [3.05, 3.63) is 113 Å². The second-order valence-corrected chi connectivity index (χ2v) is 12.9. The number of nitrogens with one attached hydrogen (secondary N) is 1. The zero-order chi connectivity index (χ0) is 30.4. The highest BCUT2D eigenvalue weighted by atomic mass is 32.2. The molecule has 1 aliphatic carbocycles. The van der Waals surface area contributed by atoms with E-state index in [9.17, 15) is 18.0 Å². The van der Waals surface area contributed by atoms with Crippen molar-refractivity contribution < 1.29 is 22.7 Å². The molecule has 4 aromatic rings. The Hall–Kier alpha value is -4.28. The summed E-state index contributed by atoms with van der Waals surface area (Å²) < 4.78 is 36.7. The minimum atomic E-state index is -4.03. The molecule has 3 aromatic carbocycles. The fraction of sp³-hybridized carbons (Fsp3) is 0.303. The number of Topliss-reactive ketones (excluding diaryl/α,β-unsaturated/α-hetero) is 1. The molecule has 9 nitrogen and oxygen atoms in total. The summed E-state index contributed by atoms with van der Waals surface area (Å²) in [4.78, 5) is 32.0. The van der Waals surface area contributed by atoms with Crippen LogP contribution in [0.15, 0.2) is 90.3 Å². The van der Waals surface area contributed by atoms with Gasteiger partial charge >= 0.3 is 0 Å². The lowest BCUT2D eigenvalue weighted by Crippen LogP contribution is -2.32. The first-order chi connectivity index (χ1) is 20.7. The zero-order valence-electron chi connectivity index (χ0n) is 24.4. The molecule has 0 aliphatic heterocycles. The van der Waals surface area contributed by atoms with Gasteiger partial charge in [0.1, 0.15) is 11.9 Å². The minimum Gasteiger partial charge on any atom is -0.484 e. The van der Waals surface area contributed by atoms with Gasteiger partial charge < -0.3 is 19.5 Å². The number of rotatable bonds is 12. The molecule has 1 unspecified atom stereocenters. The Morgan fingerprint density at radius 3 is 2.56 bits per heavy atom. The van der Waals surface area contributed by atoms with Crippen LogP contribution in [-0.4, -0.2) is 61.7 Å². The molecular formula is C33H36N4O5S. The van der Waals surface area contributed by atoms with E-state index < -0.39 is 27.6 Å². The number of sulfone groups is 1. The van der Waals surface area contributed by atoms with Gasteiger partial charge in [0, 0.05) is 43.0 Å². The summed E-state index contributed by atoms with van der Waals surface area (Å²) in [5.74, 6) is -0.468. The summed E-state index contributed by atoms with van der Waals surface area (Å²) >= 11 is 0. The topological polar surface area (TPSA) is 111 Å². The molecule has 1 amide bonds. The lowest BCUT2D eigenvalue weighted by Gasteiger charge is -2.26. The summed E-state index contributed by atoms with van der Waals surface area (Å²) in [7, 11) is -0.240. The number of aromatic nitrogens is 2. The molecule has 0 saturated carbocycles. The van der Waals surface area contributed by atoms with Crippen LogP contribution in [0.3, 0.4) is 0 Å². The number of carbonyl (C=O) groups is 2. The number of fused-ring (bicyclic) bond motifs is 1. The fourth-order valence-electron chi connectivity index (χ4n) is 5.35. The third-order valence-electron chi connectivity index (χ3n) is 7.54. The summed E-state index contributed by atoms with van der Waals surface area (Å²) in [6.45, 7) is 1.44. The Balaban J connectivity index is 1.53. The largest absolute Gasteiger partial charge is 0.484 e. The lowest BCUT2D eigenvalue weighted by molar-refractivity contribution is 0.0945. The van der Waals surface area contributed by atoms with Crippen molar-refractivity contribution >= 4 is 21.5 Å². The molecular weight excluding hydrogens is 564 g/mol. The number of ether oxygens (including phenoxy) is 1. The van der Waals surface area contributed by atoms with Crippen LogP contribution < -0.4 is 10.1 Å². The number of ketones is 1. The van der Waals surface area contributed by atoms with Crippen molar-refractivity contribution in [2.24, 2.45) is 0 Å². The molecule has 1 atom stereocenters. The Labute approximate surface area is 252 Å². The molecule has 0 spiro atoms. The first-order valence-corrected chi connectivity index (χ1v) is 16.0. The molecule has 0 radical (unpaired) electrons. The number of amides is 1. The lowest BCUT2D eigenvalue weighted by atomic mass is 9.87. The standard InChI is InChI=1S/C33H36N4O5S/c1-36(2)19-18-35-33(39)27-11-6-7-14-32(27)43(40,41)22-28-25-12-8-13-29(38)26(25)15-16-30(28)42-31(21-37-20-17-34-23-37)24-9-4-3-5-10-24/h3-7,9-11,14-17,20,23,31H,8,12-13,18-19,21-22H2,1-2H3,(H,35,39). The van der Waals surface area contributed by atoms with Crippen LogP contribution in [0, 0.1) is 0 Å². The molecule has 0 fully saturated rings. The minimum absolute atomic E-state index is 0.00913.